The second kappa shape index (κ2) is 9.16. The molecular formula is C20H29Cl2N5O. The zero-order chi connectivity index (χ0) is 18.1. The Bertz CT molecular complexity index is 801. The predicted molar refractivity (Wildman–Crippen MR) is 118 cm³/mol. The largest absolute Gasteiger partial charge is 0.369 e. The van der Waals surface area contributed by atoms with E-state index in [2.05, 4.69) is 40.1 Å². The summed E-state index contributed by atoms with van der Waals surface area (Å²) in [5, 5.41) is 6.93. The number of carbonyl (C=O) groups excluding carboxylic acids is 1. The molecule has 28 heavy (non-hydrogen) atoms. The minimum absolute atomic E-state index is 0. The van der Waals surface area contributed by atoms with Crippen molar-refractivity contribution in [1.29, 1.82) is 0 Å². The molecule has 2 aliphatic rings. The van der Waals surface area contributed by atoms with E-state index in [9.17, 15) is 4.79 Å². The number of benzene rings is 1. The molecule has 6 nitrogen and oxygen atoms in total. The molecule has 0 radical (unpaired) electrons. The standard InChI is InChI=1S/C20H27N5O.2ClH/c1-15(2)12-24-14-22-11-16(24)13-25-18-6-4-3-5-17(18)23-20(19(25)26)7-9-21-10-8-20;;/h3-6,11,14-15,21,23H,7-10,12-13H2,1-2H3;2*1H. The van der Waals surface area contributed by atoms with E-state index in [1.165, 1.54) is 0 Å². The van der Waals surface area contributed by atoms with Gasteiger partial charge in [0.15, 0.2) is 0 Å². The lowest BCUT2D eigenvalue weighted by Gasteiger charge is -2.46. The van der Waals surface area contributed by atoms with Gasteiger partial charge < -0.3 is 20.1 Å². The zero-order valence-corrected chi connectivity index (χ0v) is 18.0. The minimum atomic E-state index is -0.498. The lowest BCUT2D eigenvalue weighted by Crippen LogP contribution is -2.61. The van der Waals surface area contributed by atoms with Crippen LogP contribution in [-0.2, 0) is 17.9 Å². The Morgan fingerprint density at radius 3 is 2.61 bits per heavy atom. The molecule has 1 aromatic heterocycles. The minimum Gasteiger partial charge on any atom is -0.369 e. The molecule has 0 saturated carbocycles. The highest BCUT2D eigenvalue weighted by Gasteiger charge is 2.46. The number of aromatic nitrogens is 2. The van der Waals surface area contributed by atoms with E-state index >= 15 is 0 Å². The number of piperidine rings is 1. The van der Waals surface area contributed by atoms with Gasteiger partial charge in [0.05, 0.1) is 29.9 Å². The maximum Gasteiger partial charge on any atom is 0.253 e. The Hall–Kier alpha value is -1.76. The van der Waals surface area contributed by atoms with E-state index in [1.807, 2.05) is 35.6 Å². The molecule has 8 heteroatoms. The van der Waals surface area contributed by atoms with E-state index in [1.54, 1.807) is 0 Å². The van der Waals surface area contributed by atoms with Gasteiger partial charge in [-0.05, 0) is 44.0 Å². The summed E-state index contributed by atoms with van der Waals surface area (Å²) in [4.78, 5) is 19.8. The van der Waals surface area contributed by atoms with Crippen molar-refractivity contribution in [1.82, 2.24) is 14.9 Å². The first-order chi connectivity index (χ1) is 12.6. The zero-order valence-electron chi connectivity index (χ0n) is 16.4. The van der Waals surface area contributed by atoms with Crippen molar-refractivity contribution in [3.8, 4) is 0 Å². The number of rotatable bonds is 4. The summed E-state index contributed by atoms with van der Waals surface area (Å²) in [6.45, 7) is 7.57. The smallest absolute Gasteiger partial charge is 0.253 e. The Balaban J connectivity index is 0.00000140. The van der Waals surface area contributed by atoms with E-state index in [4.69, 9.17) is 0 Å². The van der Waals surface area contributed by atoms with Gasteiger partial charge in [0.25, 0.3) is 5.91 Å². The van der Waals surface area contributed by atoms with Gasteiger partial charge in [-0.2, -0.15) is 0 Å². The molecule has 1 aromatic carbocycles. The highest BCUT2D eigenvalue weighted by atomic mass is 35.5. The third-order valence-corrected chi connectivity index (χ3v) is 5.36. The molecule has 2 aromatic rings. The topological polar surface area (TPSA) is 62.2 Å². The van der Waals surface area contributed by atoms with Crippen molar-refractivity contribution in [2.75, 3.05) is 23.3 Å². The van der Waals surface area contributed by atoms with Crippen LogP contribution < -0.4 is 15.5 Å². The number of carbonyl (C=O) groups is 1. The highest BCUT2D eigenvalue weighted by molar-refractivity contribution is 6.07. The fourth-order valence-corrected chi connectivity index (χ4v) is 4.04. The summed E-state index contributed by atoms with van der Waals surface area (Å²) in [6.07, 6.45) is 5.37. The Kier molecular flexibility index (Phi) is 7.37. The number of anilines is 2. The van der Waals surface area contributed by atoms with E-state index in [0.29, 0.717) is 12.5 Å². The fraction of sp³-hybridized carbons (Fsp3) is 0.500. The third kappa shape index (κ3) is 4.14. The van der Waals surface area contributed by atoms with Gasteiger partial charge in [-0.1, -0.05) is 26.0 Å². The van der Waals surface area contributed by atoms with Gasteiger partial charge in [-0.15, -0.1) is 24.8 Å². The average molecular weight is 426 g/mol. The Labute approximate surface area is 178 Å². The fourth-order valence-electron chi connectivity index (χ4n) is 4.04. The van der Waals surface area contributed by atoms with Crippen LogP contribution in [0.4, 0.5) is 11.4 Å². The predicted octanol–water partition coefficient (Wildman–Crippen LogP) is 3.46. The molecule has 0 atom stereocenters. The molecule has 4 rings (SSSR count). The number of imidazole rings is 1. The van der Waals surface area contributed by atoms with E-state index in [-0.39, 0.29) is 30.7 Å². The molecule has 2 N–H and O–H groups in total. The van der Waals surface area contributed by atoms with Gasteiger partial charge in [-0.3, -0.25) is 4.79 Å². The lowest BCUT2D eigenvalue weighted by atomic mass is 9.84. The molecule has 1 fully saturated rings. The van der Waals surface area contributed by atoms with Crippen LogP contribution in [-0.4, -0.2) is 34.1 Å². The van der Waals surface area contributed by atoms with Crippen LogP contribution in [0.2, 0.25) is 0 Å². The second-order valence-corrected chi connectivity index (χ2v) is 7.80. The normalized spacial score (nSPS) is 17.5. The number of nitrogens with zero attached hydrogens (tertiary/aromatic N) is 3. The molecule has 154 valence electrons. The maximum atomic E-state index is 13.5. The molecule has 1 amide bonds. The van der Waals surface area contributed by atoms with Gasteiger partial charge in [0.1, 0.15) is 5.54 Å². The second-order valence-electron chi connectivity index (χ2n) is 7.80. The molecule has 2 aliphatic heterocycles. The molecule has 1 saturated heterocycles. The van der Waals surface area contributed by atoms with Gasteiger partial charge in [0.2, 0.25) is 0 Å². The first-order valence-electron chi connectivity index (χ1n) is 9.48. The van der Waals surface area contributed by atoms with Crippen LogP contribution in [0.15, 0.2) is 36.8 Å². The van der Waals surface area contributed by atoms with Crippen molar-refractivity contribution >= 4 is 42.1 Å². The summed E-state index contributed by atoms with van der Waals surface area (Å²) >= 11 is 0. The summed E-state index contributed by atoms with van der Waals surface area (Å²) in [7, 11) is 0. The molecular weight excluding hydrogens is 397 g/mol. The number of fused-ring (bicyclic) bond motifs is 1. The number of para-hydroxylation sites is 2. The molecule has 0 unspecified atom stereocenters. The first kappa shape index (κ1) is 22.5. The number of halogens is 2. The van der Waals surface area contributed by atoms with Crippen molar-refractivity contribution in [2.45, 2.75) is 45.3 Å². The van der Waals surface area contributed by atoms with Gasteiger partial charge in [-0.25, -0.2) is 4.98 Å². The highest BCUT2D eigenvalue weighted by Crippen LogP contribution is 2.39. The van der Waals surface area contributed by atoms with Crippen molar-refractivity contribution in [3.63, 3.8) is 0 Å². The molecule has 0 aliphatic carbocycles. The molecule has 0 bridgehead atoms. The van der Waals surface area contributed by atoms with Crippen LogP contribution in [0.3, 0.4) is 0 Å². The number of nitrogens with one attached hydrogen (secondary N) is 2. The van der Waals surface area contributed by atoms with Crippen molar-refractivity contribution < 1.29 is 4.79 Å². The van der Waals surface area contributed by atoms with E-state index < -0.39 is 5.54 Å². The van der Waals surface area contributed by atoms with Crippen LogP contribution in [0.5, 0.6) is 0 Å². The summed E-state index contributed by atoms with van der Waals surface area (Å²) < 4.78 is 2.16. The maximum absolute atomic E-state index is 13.5. The third-order valence-electron chi connectivity index (χ3n) is 5.36. The van der Waals surface area contributed by atoms with Crippen LogP contribution in [0, 0.1) is 5.92 Å². The number of hydrogen-bond acceptors (Lipinski definition) is 4. The summed E-state index contributed by atoms with van der Waals surface area (Å²) in [5.41, 5.74) is 2.58. The van der Waals surface area contributed by atoms with E-state index in [0.717, 1.165) is 49.5 Å². The summed E-state index contributed by atoms with van der Waals surface area (Å²) in [6, 6.07) is 8.12. The van der Waals surface area contributed by atoms with Gasteiger partial charge in [0, 0.05) is 12.7 Å². The lowest BCUT2D eigenvalue weighted by molar-refractivity contribution is -0.124. The monoisotopic (exact) mass is 425 g/mol. The Morgan fingerprint density at radius 2 is 1.89 bits per heavy atom. The number of hydrogen-bond donors (Lipinski definition) is 2. The van der Waals surface area contributed by atoms with Gasteiger partial charge >= 0.3 is 0 Å². The van der Waals surface area contributed by atoms with Crippen molar-refractivity contribution in [3.05, 3.63) is 42.5 Å². The Morgan fingerprint density at radius 1 is 1.18 bits per heavy atom. The average Bonchev–Trinajstić information content (AvgIpc) is 3.06. The first-order valence-corrected chi connectivity index (χ1v) is 9.48. The van der Waals surface area contributed by atoms with Crippen molar-refractivity contribution in [2.24, 2.45) is 5.92 Å². The van der Waals surface area contributed by atoms with Crippen LogP contribution in [0.25, 0.3) is 0 Å². The molecule has 1 spiro atoms. The van der Waals surface area contributed by atoms with Crippen LogP contribution >= 0.6 is 24.8 Å². The quantitative estimate of drug-likeness (QED) is 0.786. The number of amides is 1. The SMILES string of the molecule is CC(C)Cn1cncc1CN1C(=O)C2(CCNCC2)Nc2ccccc21.Cl.Cl. The van der Waals surface area contributed by atoms with Crippen LogP contribution in [0.1, 0.15) is 32.4 Å². The molecule has 3 heterocycles. The summed E-state index contributed by atoms with van der Waals surface area (Å²) in [5.74, 6) is 0.708.